The molecule has 0 aromatic heterocycles. The van der Waals surface area contributed by atoms with Gasteiger partial charge in [0.25, 0.3) is 0 Å². The second-order valence-corrected chi connectivity index (χ2v) is 14.5. The Kier molecular flexibility index (Phi) is 25.2. The summed E-state index contributed by atoms with van der Waals surface area (Å²) in [6, 6.07) is 2.14. The van der Waals surface area contributed by atoms with E-state index < -0.39 is 0 Å². The molecule has 266 valence electrons. The zero-order chi connectivity index (χ0) is 33.1. The molecule has 4 aliphatic heterocycles. The summed E-state index contributed by atoms with van der Waals surface area (Å²) >= 11 is 20.8. The van der Waals surface area contributed by atoms with Crippen molar-refractivity contribution in [3.8, 4) is 0 Å². The van der Waals surface area contributed by atoms with Crippen LogP contribution in [0.1, 0.15) is 107 Å². The van der Waals surface area contributed by atoms with Gasteiger partial charge in [-0.3, -0.25) is 0 Å². The first-order chi connectivity index (χ1) is 20.9. The number of rotatable bonds is 4. The number of nitrogens with one attached hydrogen (secondary N) is 4. The van der Waals surface area contributed by atoms with Gasteiger partial charge in [-0.1, -0.05) is 0 Å². The molecule has 0 atom stereocenters. The summed E-state index contributed by atoms with van der Waals surface area (Å²) in [6.07, 6.45) is 9.98. The maximum Gasteiger partial charge on any atom is 0.169 e. The topological polar surface area (TPSA) is 61.1 Å². The Morgan fingerprint density at radius 3 is 0.711 bits per heavy atom. The van der Waals surface area contributed by atoms with Crippen LogP contribution in [0.5, 0.6) is 0 Å². The molecule has 0 radical (unpaired) electrons. The maximum absolute atomic E-state index is 5.20. The summed E-state index contributed by atoms with van der Waals surface area (Å²) < 4.78 is 0. The van der Waals surface area contributed by atoms with Gasteiger partial charge in [0, 0.05) is 97.6 Å². The van der Waals surface area contributed by atoms with E-state index in [9.17, 15) is 0 Å². The average molecular weight is 884 g/mol. The molecule has 4 rings (SSSR count). The van der Waals surface area contributed by atoms with Crippen molar-refractivity contribution in [3.63, 3.8) is 0 Å². The fraction of sp³-hybridized carbons (Fsp3) is 0.875. The number of thiocarbonyl (C=S) groups is 4. The fourth-order valence-corrected chi connectivity index (χ4v) is 6.81. The van der Waals surface area contributed by atoms with Crippen LogP contribution in [0.15, 0.2) is 0 Å². The van der Waals surface area contributed by atoms with E-state index in [-0.39, 0.29) is 21.1 Å². The molecule has 45 heavy (non-hydrogen) atoms. The van der Waals surface area contributed by atoms with Gasteiger partial charge in [-0.25, -0.2) is 0 Å². The van der Waals surface area contributed by atoms with Crippen LogP contribution in [-0.4, -0.2) is 117 Å². The minimum absolute atomic E-state index is 0. The van der Waals surface area contributed by atoms with Gasteiger partial charge in [-0.05, 0) is 156 Å². The van der Waals surface area contributed by atoms with Crippen LogP contribution in [0.3, 0.4) is 0 Å². The minimum atomic E-state index is 0. The molecule has 0 saturated carbocycles. The maximum atomic E-state index is 5.20. The van der Waals surface area contributed by atoms with Crippen LogP contribution in [0, 0.1) is 0 Å². The number of hydrogen-bond donors (Lipinski definition) is 4. The van der Waals surface area contributed by atoms with E-state index in [0.717, 1.165) is 72.8 Å². The van der Waals surface area contributed by atoms with E-state index in [2.05, 4.69) is 96.3 Å². The van der Waals surface area contributed by atoms with Gasteiger partial charge < -0.3 is 40.9 Å². The summed E-state index contributed by atoms with van der Waals surface area (Å²) in [6.45, 7) is 26.1. The molecule has 0 amide bonds. The van der Waals surface area contributed by atoms with E-state index in [1.807, 2.05) is 0 Å². The molecule has 0 aliphatic carbocycles. The average Bonchev–Trinajstić information content (AvgIpc) is 3.49. The van der Waals surface area contributed by atoms with Crippen LogP contribution in [0.4, 0.5) is 0 Å². The Hall–Kier alpha value is -0.552. The third kappa shape index (κ3) is 18.5. The molecule has 4 N–H and O–H groups in total. The van der Waals surface area contributed by atoms with E-state index >= 15 is 0 Å². The van der Waals surface area contributed by atoms with Crippen LogP contribution < -0.4 is 21.3 Å². The fourth-order valence-electron chi connectivity index (χ4n) is 5.19. The number of hydrogen-bond acceptors (Lipinski definition) is 4. The third-order valence-corrected chi connectivity index (χ3v) is 9.46. The van der Waals surface area contributed by atoms with Gasteiger partial charge in [0.2, 0.25) is 0 Å². The Morgan fingerprint density at radius 1 is 0.378 bits per heavy atom. The van der Waals surface area contributed by atoms with E-state index in [0.29, 0.717) is 24.2 Å². The molecule has 0 unspecified atom stereocenters. The van der Waals surface area contributed by atoms with Crippen molar-refractivity contribution in [2.45, 2.75) is 131 Å². The Bertz CT molecular complexity index is 723. The predicted octanol–water partition coefficient (Wildman–Crippen LogP) is 5.46. The second-order valence-electron chi connectivity index (χ2n) is 12.9. The standard InChI is InChI=1S/4C8H16N2S.Pt/c4*1-7(2)10-6-4-3-5-9-8(10)11;/h4*7H,3-6H2,1-2H3,(H,9,11);. The van der Waals surface area contributed by atoms with E-state index in [1.165, 1.54) is 51.4 Å². The summed E-state index contributed by atoms with van der Waals surface area (Å²) in [7, 11) is 0. The molecular weight excluding hydrogens is 820 g/mol. The molecule has 4 aliphatic rings. The van der Waals surface area contributed by atoms with Gasteiger partial charge in [-0.15, -0.1) is 0 Å². The quantitative estimate of drug-likeness (QED) is 0.272. The van der Waals surface area contributed by atoms with Crippen molar-refractivity contribution in [1.82, 2.24) is 40.9 Å². The minimum Gasteiger partial charge on any atom is -0.363 e. The molecule has 4 saturated heterocycles. The predicted molar refractivity (Wildman–Crippen MR) is 207 cm³/mol. The molecule has 0 bridgehead atoms. The third-order valence-electron chi connectivity index (χ3n) is 7.94. The summed E-state index contributed by atoms with van der Waals surface area (Å²) in [5, 5.41) is 16.6. The smallest absolute Gasteiger partial charge is 0.169 e. The molecule has 8 nitrogen and oxygen atoms in total. The van der Waals surface area contributed by atoms with Crippen LogP contribution >= 0.6 is 48.9 Å². The van der Waals surface area contributed by atoms with Gasteiger partial charge in [0.1, 0.15) is 0 Å². The van der Waals surface area contributed by atoms with Crippen molar-refractivity contribution in [3.05, 3.63) is 0 Å². The second kappa shape index (κ2) is 25.5. The van der Waals surface area contributed by atoms with Gasteiger partial charge in [0.05, 0.1) is 0 Å². The monoisotopic (exact) mass is 883 g/mol. The van der Waals surface area contributed by atoms with Crippen LogP contribution in [-0.2, 0) is 21.1 Å². The molecule has 4 fully saturated rings. The first-order valence-corrected chi connectivity index (χ1v) is 18.7. The van der Waals surface area contributed by atoms with Crippen molar-refractivity contribution in [2.75, 3.05) is 52.4 Å². The zero-order valence-electron chi connectivity index (χ0n) is 29.4. The van der Waals surface area contributed by atoms with Gasteiger partial charge >= 0.3 is 0 Å². The largest absolute Gasteiger partial charge is 0.363 e. The van der Waals surface area contributed by atoms with E-state index in [4.69, 9.17) is 48.9 Å². The first-order valence-electron chi connectivity index (χ1n) is 17.0. The Labute approximate surface area is 312 Å². The number of nitrogens with zero attached hydrogens (tertiary/aromatic N) is 4. The van der Waals surface area contributed by atoms with Gasteiger partial charge in [0.15, 0.2) is 20.4 Å². The SMILES string of the molecule is CC(C)N1CCCCNC1=S.CC(C)N1CCCCNC1=S.CC(C)N1CCCCNC1=S.CC(C)N1CCCCNC1=S.[Pt]. The first kappa shape index (κ1) is 44.4. The van der Waals surface area contributed by atoms with Crippen LogP contribution in [0.25, 0.3) is 0 Å². The van der Waals surface area contributed by atoms with Crippen molar-refractivity contribution < 1.29 is 21.1 Å². The molecule has 13 heteroatoms. The molecule has 4 heterocycles. The Morgan fingerprint density at radius 2 is 0.556 bits per heavy atom. The van der Waals surface area contributed by atoms with Crippen molar-refractivity contribution >= 4 is 69.3 Å². The van der Waals surface area contributed by atoms with E-state index in [1.54, 1.807) is 0 Å². The summed E-state index contributed by atoms with van der Waals surface area (Å²) in [4.78, 5) is 9.01. The summed E-state index contributed by atoms with van der Waals surface area (Å²) in [5.74, 6) is 0. The Balaban J connectivity index is 0.000000569. The van der Waals surface area contributed by atoms with Gasteiger partial charge in [-0.2, -0.15) is 0 Å². The molecular formula is C32H64N8PtS4. The van der Waals surface area contributed by atoms with Crippen LogP contribution in [0.2, 0.25) is 0 Å². The normalized spacial score (nSPS) is 19.5. The molecule has 0 aromatic carbocycles. The van der Waals surface area contributed by atoms with Crippen molar-refractivity contribution in [1.29, 1.82) is 0 Å². The zero-order valence-corrected chi connectivity index (χ0v) is 34.9. The molecule has 0 aromatic rings. The molecule has 0 spiro atoms. The van der Waals surface area contributed by atoms with Crippen molar-refractivity contribution in [2.24, 2.45) is 0 Å². The summed E-state index contributed by atoms with van der Waals surface area (Å²) in [5.41, 5.74) is 0.